The molecule has 2 aromatic heterocycles. The van der Waals surface area contributed by atoms with Crippen molar-refractivity contribution in [3.8, 4) is 0 Å². The highest BCUT2D eigenvalue weighted by Crippen LogP contribution is 2.18. The second-order valence-electron chi connectivity index (χ2n) is 6.58. The summed E-state index contributed by atoms with van der Waals surface area (Å²) in [5, 5.41) is 14.8. The molecule has 0 aliphatic carbocycles. The molecule has 2 aromatic carbocycles. The molecule has 0 unspecified atom stereocenters. The third kappa shape index (κ3) is 4.99. The largest absolute Gasteiger partial charge is 0.313 e. The fourth-order valence-corrected chi connectivity index (χ4v) is 2.86. The van der Waals surface area contributed by atoms with Gasteiger partial charge in [0.15, 0.2) is 12.1 Å². The summed E-state index contributed by atoms with van der Waals surface area (Å²) in [5.41, 5.74) is 1.93. The first-order valence-corrected chi connectivity index (χ1v) is 9.19. The Morgan fingerprint density at radius 1 is 0.767 bits per heavy atom. The van der Waals surface area contributed by atoms with Crippen LogP contribution >= 0.6 is 0 Å². The van der Waals surface area contributed by atoms with Crippen molar-refractivity contribution >= 4 is 6.29 Å². The molecule has 2 heterocycles. The van der Waals surface area contributed by atoms with Crippen LogP contribution in [-0.4, -0.2) is 35.8 Å². The molecule has 7 nitrogen and oxygen atoms in total. The predicted molar refractivity (Wildman–Crippen MR) is 106 cm³/mol. The van der Waals surface area contributed by atoms with E-state index in [1.54, 1.807) is 41.5 Å². The van der Waals surface area contributed by atoms with Crippen molar-refractivity contribution in [3.63, 3.8) is 0 Å². The lowest BCUT2D eigenvalue weighted by Gasteiger charge is -2.13. The molecule has 154 valence electrons. The molecule has 0 amide bonds. The predicted octanol–water partition coefficient (Wildman–Crippen LogP) is 3.87. The minimum absolute atomic E-state index is 0.101. The first kappa shape index (κ1) is 21.0. The van der Waals surface area contributed by atoms with E-state index in [1.165, 1.54) is 30.6 Å². The molecule has 0 aliphatic heterocycles. The number of benzene rings is 2. The summed E-state index contributed by atoms with van der Waals surface area (Å²) in [7, 11) is 0. The van der Waals surface area contributed by atoms with Gasteiger partial charge in [0.25, 0.3) is 0 Å². The van der Waals surface area contributed by atoms with Crippen molar-refractivity contribution in [1.29, 1.82) is 0 Å². The highest BCUT2D eigenvalue weighted by Gasteiger charge is 2.12. The van der Waals surface area contributed by atoms with E-state index >= 15 is 0 Å². The van der Waals surface area contributed by atoms with Gasteiger partial charge >= 0.3 is 0 Å². The Morgan fingerprint density at radius 2 is 1.27 bits per heavy atom. The molecule has 0 bridgehead atoms. The number of carbonyl (C=O) groups is 1. The molecule has 2 atom stereocenters. The topological polar surface area (TPSA) is 78.5 Å². The molecule has 30 heavy (non-hydrogen) atoms. The second kappa shape index (κ2) is 9.64. The molecule has 0 saturated carbocycles. The molecule has 9 heteroatoms. The fourth-order valence-electron chi connectivity index (χ4n) is 2.86. The van der Waals surface area contributed by atoms with Crippen molar-refractivity contribution in [2.24, 2.45) is 0 Å². The number of aldehydes is 1. The molecule has 0 aliphatic rings. The summed E-state index contributed by atoms with van der Waals surface area (Å²) >= 11 is 0. The second-order valence-corrected chi connectivity index (χ2v) is 6.58. The average Bonchev–Trinajstić information content (AvgIpc) is 3.46. The summed E-state index contributed by atoms with van der Waals surface area (Å²) in [6, 6.07) is 12.6. The smallest absolute Gasteiger partial charge is 0.197 e. The lowest BCUT2D eigenvalue weighted by molar-refractivity contribution is 0.111. The van der Waals surface area contributed by atoms with Crippen LogP contribution < -0.4 is 0 Å². The van der Waals surface area contributed by atoms with Gasteiger partial charge < -0.3 is 9.13 Å². The Hall–Kier alpha value is -3.75. The van der Waals surface area contributed by atoms with E-state index in [0.29, 0.717) is 6.29 Å². The van der Waals surface area contributed by atoms with Crippen LogP contribution in [-0.2, 0) is 0 Å². The molecule has 0 spiro atoms. The highest BCUT2D eigenvalue weighted by molar-refractivity contribution is 5.68. The normalized spacial score (nSPS) is 12.5. The number of nitrogens with zero attached hydrogens (tertiary/aromatic N) is 6. The monoisotopic (exact) mass is 410 g/mol. The molecular formula is C21H20F2N6O. The van der Waals surface area contributed by atoms with Gasteiger partial charge in [-0.3, -0.25) is 4.79 Å². The van der Waals surface area contributed by atoms with Crippen molar-refractivity contribution in [1.82, 2.24) is 29.5 Å². The zero-order valence-electron chi connectivity index (χ0n) is 16.4. The third-order valence-corrected chi connectivity index (χ3v) is 4.71. The van der Waals surface area contributed by atoms with Crippen molar-refractivity contribution < 1.29 is 13.6 Å². The lowest BCUT2D eigenvalue weighted by atomic mass is 10.1. The maximum atomic E-state index is 12.8. The fraction of sp³-hybridized carbons (Fsp3) is 0.190. The summed E-state index contributed by atoms with van der Waals surface area (Å²) < 4.78 is 28.9. The number of hydrogen-bond acceptors (Lipinski definition) is 5. The molecule has 0 saturated heterocycles. The van der Waals surface area contributed by atoms with Crippen molar-refractivity contribution in [2.45, 2.75) is 25.9 Å². The van der Waals surface area contributed by atoms with Gasteiger partial charge in [0, 0.05) is 0 Å². The number of hydrogen-bond donors (Lipinski definition) is 0. The number of rotatable bonds is 5. The van der Waals surface area contributed by atoms with E-state index in [-0.39, 0.29) is 29.5 Å². The Labute approximate surface area is 172 Å². The zero-order valence-corrected chi connectivity index (χ0v) is 16.4. The van der Waals surface area contributed by atoms with Crippen LogP contribution in [0.15, 0.2) is 67.5 Å². The first-order valence-electron chi connectivity index (χ1n) is 9.19. The summed E-state index contributed by atoms with van der Waals surface area (Å²) in [5.74, 6) is -0.239. The Morgan fingerprint density at radius 3 is 1.77 bits per heavy atom. The zero-order chi connectivity index (χ0) is 21.5. The quantitative estimate of drug-likeness (QED) is 0.467. The van der Waals surface area contributed by atoms with Gasteiger partial charge in [0.1, 0.15) is 30.6 Å². The molecule has 4 aromatic rings. The van der Waals surface area contributed by atoms with Crippen LogP contribution in [0.4, 0.5) is 8.78 Å². The maximum absolute atomic E-state index is 12.8. The standard InChI is InChI=1S/C11H10FN3O.C10H10FN3/c1-8(9-2-4-10(12)5-3-9)15-7-13-14-11(15)6-16;1-8(14-6-12-13-7-14)9-2-4-10(11)5-3-9/h2-8H,1H3;2-8H,1H3/t2*8-/m11/s1. The van der Waals surface area contributed by atoms with E-state index in [0.717, 1.165) is 11.1 Å². The maximum Gasteiger partial charge on any atom is 0.197 e. The highest BCUT2D eigenvalue weighted by atomic mass is 19.1. The van der Waals surface area contributed by atoms with E-state index in [2.05, 4.69) is 20.4 Å². The third-order valence-electron chi connectivity index (χ3n) is 4.71. The van der Waals surface area contributed by atoms with Gasteiger partial charge in [0.2, 0.25) is 0 Å². The van der Waals surface area contributed by atoms with Gasteiger partial charge in [-0.1, -0.05) is 24.3 Å². The van der Waals surface area contributed by atoms with Crippen LogP contribution in [0.3, 0.4) is 0 Å². The van der Waals surface area contributed by atoms with Gasteiger partial charge in [-0.25, -0.2) is 8.78 Å². The molecular weight excluding hydrogens is 390 g/mol. The molecule has 0 radical (unpaired) electrons. The summed E-state index contributed by atoms with van der Waals surface area (Å²) in [6.07, 6.45) is 5.42. The van der Waals surface area contributed by atoms with Gasteiger partial charge in [-0.2, -0.15) is 0 Å². The van der Waals surface area contributed by atoms with Crippen LogP contribution in [0.1, 0.15) is 47.7 Å². The van der Waals surface area contributed by atoms with Gasteiger partial charge in [0.05, 0.1) is 12.1 Å². The lowest BCUT2D eigenvalue weighted by Crippen LogP contribution is -2.09. The van der Waals surface area contributed by atoms with E-state index in [1.807, 2.05) is 18.4 Å². The first-order chi connectivity index (χ1) is 14.5. The Bertz CT molecular complexity index is 1060. The Balaban J connectivity index is 0.000000172. The number of aromatic nitrogens is 6. The van der Waals surface area contributed by atoms with E-state index in [4.69, 9.17) is 0 Å². The average molecular weight is 410 g/mol. The van der Waals surface area contributed by atoms with Crippen molar-refractivity contribution in [3.05, 3.63) is 96.1 Å². The molecule has 0 N–H and O–H groups in total. The Kier molecular flexibility index (Phi) is 6.74. The van der Waals surface area contributed by atoms with Crippen molar-refractivity contribution in [2.75, 3.05) is 0 Å². The SMILES string of the molecule is C[C@H](c1ccc(F)cc1)n1cnnc1.C[C@H](c1ccc(F)cc1)n1cnnc1C=O. The van der Waals surface area contributed by atoms with Gasteiger partial charge in [-0.05, 0) is 49.2 Å². The van der Waals surface area contributed by atoms with E-state index < -0.39 is 0 Å². The van der Waals surface area contributed by atoms with Crippen LogP contribution in [0.2, 0.25) is 0 Å². The number of carbonyl (C=O) groups excluding carboxylic acids is 1. The minimum atomic E-state index is -0.282. The van der Waals surface area contributed by atoms with Crippen LogP contribution in [0.25, 0.3) is 0 Å². The van der Waals surface area contributed by atoms with Gasteiger partial charge in [-0.15, -0.1) is 20.4 Å². The minimum Gasteiger partial charge on any atom is -0.313 e. The van der Waals surface area contributed by atoms with E-state index in [9.17, 15) is 13.6 Å². The van der Waals surface area contributed by atoms with Crippen LogP contribution in [0, 0.1) is 11.6 Å². The van der Waals surface area contributed by atoms with Crippen LogP contribution in [0.5, 0.6) is 0 Å². The summed E-state index contributed by atoms with van der Waals surface area (Å²) in [6.45, 7) is 3.90. The summed E-state index contributed by atoms with van der Waals surface area (Å²) in [4.78, 5) is 10.7. The number of halogens is 2. The molecule has 4 rings (SSSR count). The molecule has 0 fully saturated rings.